The maximum absolute atomic E-state index is 12.6. The number of hydrogen-bond donors (Lipinski definition) is 2. The van der Waals surface area contributed by atoms with Crippen LogP contribution < -0.4 is 10.6 Å². The van der Waals surface area contributed by atoms with Crippen LogP contribution in [0.4, 0.5) is 5.69 Å². The highest BCUT2D eigenvalue weighted by atomic mass is 16.3. The third-order valence-electron chi connectivity index (χ3n) is 4.51. The van der Waals surface area contributed by atoms with Gasteiger partial charge in [0.25, 0.3) is 11.8 Å². The number of nitrogens with one attached hydrogen (secondary N) is 2. The molecule has 2 amide bonds. The van der Waals surface area contributed by atoms with Gasteiger partial charge in [0.05, 0.1) is 17.6 Å². The lowest BCUT2D eigenvalue weighted by atomic mass is 10.1. The quantitative estimate of drug-likeness (QED) is 0.473. The number of hydrogen-bond acceptors (Lipinski definition) is 4. The van der Waals surface area contributed by atoms with Crippen LogP contribution in [0.5, 0.6) is 0 Å². The molecule has 7 nitrogen and oxygen atoms in total. The van der Waals surface area contributed by atoms with Crippen LogP contribution >= 0.6 is 0 Å². The highest BCUT2D eigenvalue weighted by Crippen LogP contribution is 2.21. The van der Waals surface area contributed by atoms with Crippen molar-refractivity contribution in [3.63, 3.8) is 0 Å². The molecule has 2 aromatic carbocycles. The van der Waals surface area contributed by atoms with Crippen LogP contribution in [0, 0.1) is 0 Å². The summed E-state index contributed by atoms with van der Waals surface area (Å²) in [5.41, 5.74) is 1.48. The predicted molar refractivity (Wildman–Crippen MR) is 110 cm³/mol. The molecule has 2 aromatic heterocycles. The lowest BCUT2D eigenvalue weighted by Crippen LogP contribution is -2.26. The van der Waals surface area contributed by atoms with E-state index in [1.54, 1.807) is 48.9 Å². The Morgan fingerprint density at radius 1 is 1.03 bits per heavy atom. The molecule has 4 aromatic rings. The number of amides is 2. The fraction of sp³-hybridized carbons (Fsp3) is 0.136. The summed E-state index contributed by atoms with van der Waals surface area (Å²) >= 11 is 0. The van der Waals surface area contributed by atoms with Gasteiger partial charge in [0.2, 0.25) is 0 Å². The van der Waals surface area contributed by atoms with Gasteiger partial charge in [-0.3, -0.25) is 9.59 Å². The first-order valence-electron chi connectivity index (χ1n) is 9.33. The van der Waals surface area contributed by atoms with Crippen molar-refractivity contribution in [2.45, 2.75) is 13.0 Å². The van der Waals surface area contributed by atoms with Gasteiger partial charge in [0, 0.05) is 30.9 Å². The van der Waals surface area contributed by atoms with Gasteiger partial charge < -0.3 is 19.6 Å². The van der Waals surface area contributed by atoms with Crippen molar-refractivity contribution in [2.75, 3.05) is 11.9 Å². The number of nitrogens with zero attached hydrogens (tertiary/aromatic N) is 2. The molecule has 4 rings (SSSR count). The van der Waals surface area contributed by atoms with Crippen LogP contribution in [0.1, 0.15) is 27.3 Å². The molecule has 0 spiro atoms. The van der Waals surface area contributed by atoms with Crippen molar-refractivity contribution in [3.05, 3.63) is 84.6 Å². The zero-order chi connectivity index (χ0) is 20.1. The molecule has 0 aliphatic carbocycles. The standard InChI is InChI=1S/C22H20N4O3/c27-21(24-10-5-12-26-13-11-23-15-26)17-7-2-3-8-18(17)25-22(28)20-14-16-6-1-4-9-19(16)29-20/h1-4,6-9,11,13-15H,5,10,12H2,(H,24,27)(H,25,28). The smallest absolute Gasteiger partial charge is 0.291 e. The highest BCUT2D eigenvalue weighted by molar-refractivity contribution is 6.09. The molecule has 0 saturated heterocycles. The van der Waals surface area contributed by atoms with Crippen molar-refractivity contribution < 1.29 is 14.0 Å². The maximum Gasteiger partial charge on any atom is 0.291 e. The van der Waals surface area contributed by atoms with Gasteiger partial charge in [-0.1, -0.05) is 30.3 Å². The Morgan fingerprint density at radius 2 is 1.86 bits per heavy atom. The summed E-state index contributed by atoms with van der Waals surface area (Å²) in [7, 11) is 0. The molecular weight excluding hydrogens is 368 g/mol. The van der Waals surface area contributed by atoms with Crippen LogP contribution in [-0.2, 0) is 6.54 Å². The number of anilines is 1. The summed E-state index contributed by atoms with van der Waals surface area (Å²) in [5, 5.41) is 6.51. The lowest BCUT2D eigenvalue weighted by molar-refractivity contribution is 0.0953. The van der Waals surface area contributed by atoms with Gasteiger partial charge in [-0.05, 0) is 30.7 Å². The minimum Gasteiger partial charge on any atom is -0.451 e. The van der Waals surface area contributed by atoms with E-state index in [1.807, 2.05) is 29.0 Å². The third-order valence-corrected chi connectivity index (χ3v) is 4.51. The number of imidazole rings is 1. The van der Waals surface area contributed by atoms with Crippen molar-refractivity contribution in [3.8, 4) is 0 Å². The van der Waals surface area contributed by atoms with E-state index in [0.29, 0.717) is 23.4 Å². The van der Waals surface area contributed by atoms with E-state index in [1.165, 1.54) is 0 Å². The Kier molecular flexibility index (Phi) is 5.38. The van der Waals surface area contributed by atoms with Crippen molar-refractivity contribution in [1.82, 2.24) is 14.9 Å². The number of para-hydroxylation sites is 2. The molecule has 29 heavy (non-hydrogen) atoms. The molecule has 0 aliphatic rings. The molecular formula is C22H20N4O3. The van der Waals surface area contributed by atoms with Crippen LogP contribution in [0.15, 0.2) is 77.7 Å². The van der Waals surface area contributed by atoms with Crippen LogP contribution in [0.3, 0.4) is 0 Å². The van der Waals surface area contributed by atoms with E-state index in [0.717, 1.165) is 18.4 Å². The van der Waals surface area contributed by atoms with Crippen LogP contribution in [-0.4, -0.2) is 27.9 Å². The van der Waals surface area contributed by atoms with E-state index >= 15 is 0 Å². The minimum atomic E-state index is -0.401. The number of carbonyl (C=O) groups excluding carboxylic acids is 2. The fourth-order valence-electron chi connectivity index (χ4n) is 3.05. The Labute approximate surface area is 167 Å². The number of fused-ring (bicyclic) bond motifs is 1. The first-order valence-corrected chi connectivity index (χ1v) is 9.33. The monoisotopic (exact) mass is 388 g/mol. The largest absolute Gasteiger partial charge is 0.451 e. The van der Waals surface area contributed by atoms with Gasteiger partial charge in [0.15, 0.2) is 5.76 Å². The number of aryl methyl sites for hydroxylation is 1. The molecule has 0 fully saturated rings. The summed E-state index contributed by atoms with van der Waals surface area (Å²) in [4.78, 5) is 29.2. The van der Waals surface area contributed by atoms with Crippen LogP contribution in [0.25, 0.3) is 11.0 Å². The molecule has 2 N–H and O–H groups in total. The van der Waals surface area contributed by atoms with Gasteiger partial charge in [-0.15, -0.1) is 0 Å². The summed E-state index contributed by atoms with van der Waals surface area (Å²) in [5.74, 6) is -0.445. The van der Waals surface area contributed by atoms with Crippen molar-refractivity contribution >= 4 is 28.5 Å². The molecule has 0 aliphatic heterocycles. The van der Waals surface area contributed by atoms with Gasteiger partial charge >= 0.3 is 0 Å². The van der Waals surface area contributed by atoms with Gasteiger partial charge in [-0.25, -0.2) is 4.98 Å². The molecule has 0 saturated carbocycles. The topological polar surface area (TPSA) is 89.2 Å². The second-order valence-electron chi connectivity index (χ2n) is 6.56. The fourth-order valence-corrected chi connectivity index (χ4v) is 3.05. The zero-order valence-corrected chi connectivity index (χ0v) is 15.7. The third kappa shape index (κ3) is 4.35. The first-order chi connectivity index (χ1) is 14.2. The van der Waals surface area contributed by atoms with E-state index < -0.39 is 5.91 Å². The molecule has 7 heteroatoms. The summed E-state index contributed by atoms with van der Waals surface area (Å²) < 4.78 is 7.55. The SMILES string of the molecule is O=C(Nc1ccccc1C(=O)NCCCn1ccnc1)c1cc2ccccc2o1. The minimum absolute atomic E-state index is 0.196. The molecule has 2 heterocycles. The lowest BCUT2D eigenvalue weighted by Gasteiger charge is -2.11. The zero-order valence-electron chi connectivity index (χ0n) is 15.7. The summed E-state index contributed by atoms with van der Waals surface area (Å²) in [6, 6.07) is 16.0. The molecule has 0 atom stereocenters. The van der Waals surface area contributed by atoms with Crippen molar-refractivity contribution in [2.24, 2.45) is 0 Å². The van der Waals surface area contributed by atoms with Crippen molar-refractivity contribution in [1.29, 1.82) is 0 Å². The average molecular weight is 388 g/mol. The molecule has 146 valence electrons. The number of furan rings is 1. The first kappa shape index (κ1) is 18.5. The van der Waals surface area contributed by atoms with E-state index in [2.05, 4.69) is 15.6 Å². The van der Waals surface area contributed by atoms with Gasteiger partial charge in [-0.2, -0.15) is 0 Å². The Morgan fingerprint density at radius 3 is 2.69 bits per heavy atom. The second-order valence-corrected chi connectivity index (χ2v) is 6.56. The summed E-state index contributed by atoms with van der Waals surface area (Å²) in [6.07, 6.45) is 6.12. The maximum atomic E-state index is 12.6. The number of benzene rings is 2. The predicted octanol–water partition coefficient (Wildman–Crippen LogP) is 3.70. The molecule has 0 unspecified atom stereocenters. The normalized spacial score (nSPS) is 10.8. The molecule has 0 radical (unpaired) electrons. The van der Waals surface area contributed by atoms with E-state index in [4.69, 9.17) is 4.42 Å². The summed E-state index contributed by atoms with van der Waals surface area (Å²) in [6.45, 7) is 1.29. The number of aromatic nitrogens is 2. The Bertz CT molecular complexity index is 1100. The second kappa shape index (κ2) is 8.43. The molecule has 0 bridgehead atoms. The number of rotatable bonds is 7. The Balaban J connectivity index is 1.40. The highest BCUT2D eigenvalue weighted by Gasteiger charge is 2.16. The number of carbonyl (C=O) groups is 2. The van der Waals surface area contributed by atoms with E-state index in [-0.39, 0.29) is 11.7 Å². The van der Waals surface area contributed by atoms with Crippen LogP contribution in [0.2, 0.25) is 0 Å². The van der Waals surface area contributed by atoms with Gasteiger partial charge in [0.1, 0.15) is 5.58 Å². The average Bonchev–Trinajstić information content (AvgIpc) is 3.41. The van der Waals surface area contributed by atoms with E-state index in [9.17, 15) is 9.59 Å². The Hall–Kier alpha value is -3.87.